The lowest BCUT2D eigenvalue weighted by atomic mass is 10.0. The van der Waals surface area contributed by atoms with Gasteiger partial charge in [-0.1, -0.05) is 0 Å². The van der Waals surface area contributed by atoms with Gasteiger partial charge in [-0.25, -0.2) is 12.8 Å². The van der Waals surface area contributed by atoms with E-state index in [9.17, 15) is 26.7 Å². The number of rotatable bonds is 7. The number of aliphatic hydroxyl groups is 1. The summed E-state index contributed by atoms with van der Waals surface area (Å²) >= 11 is 0. The fourth-order valence-electron chi connectivity index (χ4n) is 4.24. The Morgan fingerprint density at radius 2 is 1.78 bits per heavy atom. The number of benzene rings is 2. The van der Waals surface area contributed by atoms with Gasteiger partial charge in [-0.2, -0.15) is 13.3 Å². The number of halogens is 3. The van der Waals surface area contributed by atoms with Gasteiger partial charge in [-0.15, -0.1) is 0 Å². The van der Waals surface area contributed by atoms with Gasteiger partial charge >= 0.3 is 6.61 Å². The van der Waals surface area contributed by atoms with E-state index in [2.05, 4.69) is 0 Å². The number of alkyl halides is 2. The van der Waals surface area contributed by atoms with Crippen LogP contribution < -0.4 is 9.22 Å². The number of hydrogen-bond donors (Lipinski definition) is 1. The van der Waals surface area contributed by atoms with Crippen LogP contribution in [-0.4, -0.2) is 32.5 Å². The van der Waals surface area contributed by atoms with E-state index in [1.54, 1.807) is 45.1 Å². The first-order chi connectivity index (χ1) is 14.9. The van der Waals surface area contributed by atoms with E-state index in [0.717, 1.165) is 18.4 Å². The van der Waals surface area contributed by atoms with Crippen molar-refractivity contribution in [3.63, 3.8) is 0 Å². The zero-order chi connectivity index (χ0) is 23.8. The second-order valence-electron chi connectivity index (χ2n) is 7.90. The molecule has 0 amide bonds. The average molecular weight is 469 g/mol. The summed E-state index contributed by atoms with van der Waals surface area (Å²) in [5.74, 6) is -1.09. The van der Waals surface area contributed by atoms with Crippen molar-refractivity contribution in [1.29, 1.82) is 0 Å². The van der Waals surface area contributed by atoms with Gasteiger partial charge in [0.05, 0.1) is 11.0 Å². The molecular weight excluding hydrogens is 443 g/mol. The van der Waals surface area contributed by atoms with Gasteiger partial charge in [0.1, 0.15) is 22.9 Å². The zero-order valence-electron chi connectivity index (χ0n) is 18.1. The summed E-state index contributed by atoms with van der Waals surface area (Å²) in [7, 11) is -3.48. The van der Waals surface area contributed by atoms with E-state index in [1.165, 1.54) is 12.1 Å². The highest BCUT2D eigenvalue weighted by atomic mass is 32.2. The molecule has 2 aromatic carbocycles. The lowest BCUT2D eigenvalue weighted by Crippen LogP contribution is -2.41. The average Bonchev–Trinajstić information content (AvgIpc) is 2.96. The van der Waals surface area contributed by atoms with E-state index >= 15 is 0 Å². The molecule has 0 spiro atoms. The molecular formula is C23H25F3NO4S+. The Bertz CT molecular complexity index is 1210. The minimum Gasteiger partial charge on any atom is -0.428 e. The largest absolute Gasteiger partial charge is 0.428 e. The standard InChI is InChI=1S/C23H25F3NO4S/c1-14-11-18(8-10-22(14)32(4,29)30)27(15(2)5-7-19(27)12-16(3)28)20-9-6-17(24)13-21(20)31-23(25)26/h5-11,13,16,23,28H,12H2,1-4H3/q+1/t16-,27?/m0/s1. The van der Waals surface area contributed by atoms with Gasteiger partial charge in [0.15, 0.2) is 21.3 Å². The molecule has 0 aliphatic carbocycles. The Morgan fingerprint density at radius 3 is 2.34 bits per heavy atom. The molecule has 0 fully saturated rings. The molecule has 5 nitrogen and oxygen atoms in total. The Labute approximate surface area is 185 Å². The predicted octanol–water partition coefficient (Wildman–Crippen LogP) is 5.35. The van der Waals surface area contributed by atoms with Crippen LogP contribution >= 0.6 is 0 Å². The van der Waals surface area contributed by atoms with Gasteiger partial charge in [0.25, 0.3) is 0 Å². The van der Waals surface area contributed by atoms with Crippen molar-refractivity contribution in [3.8, 4) is 5.75 Å². The molecule has 1 aliphatic rings. The number of nitrogens with zero attached hydrogens (tertiary/aromatic N) is 1. The van der Waals surface area contributed by atoms with Crippen molar-refractivity contribution in [3.05, 3.63) is 71.3 Å². The SMILES string of the molecule is CC1=CC=C(C[C@H](C)O)[N+]1(c1ccc(S(C)(=O)=O)c(C)c1)c1ccc(F)cc1OC(F)F. The van der Waals surface area contributed by atoms with Gasteiger partial charge in [0.2, 0.25) is 0 Å². The molecule has 1 N–H and O–H groups in total. The Morgan fingerprint density at radius 1 is 1.09 bits per heavy atom. The molecule has 0 aromatic heterocycles. The molecule has 2 aromatic rings. The summed E-state index contributed by atoms with van der Waals surface area (Å²) in [6.07, 6.45) is 4.10. The zero-order valence-corrected chi connectivity index (χ0v) is 19.0. The molecule has 32 heavy (non-hydrogen) atoms. The number of aliphatic hydroxyl groups excluding tert-OH is 1. The molecule has 2 atom stereocenters. The van der Waals surface area contributed by atoms with E-state index in [4.69, 9.17) is 4.74 Å². The molecule has 0 radical (unpaired) electrons. The first kappa shape index (κ1) is 24.0. The van der Waals surface area contributed by atoms with E-state index in [1.807, 2.05) is 0 Å². The van der Waals surface area contributed by atoms with Crippen LogP contribution in [0, 0.1) is 12.7 Å². The van der Waals surface area contributed by atoms with Crippen molar-refractivity contribution < 1.29 is 31.4 Å². The monoisotopic (exact) mass is 468 g/mol. The normalized spacial score (nSPS) is 19.7. The van der Waals surface area contributed by atoms with Crippen LogP contribution in [0.15, 0.2) is 64.8 Å². The molecule has 172 valence electrons. The van der Waals surface area contributed by atoms with Crippen LogP contribution in [-0.2, 0) is 9.84 Å². The van der Waals surface area contributed by atoms with Crippen LogP contribution in [0.1, 0.15) is 25.8 Å². The maximum Gasteiger partial charge on any atom is 0.387 e. The summed E-state index contributed by atoms with van der Waals surface area (Å²) in [6, 6.07) is 8.12. The molecule has 0 saturated carbocycles. The van der Waals surface area contributed by atoms with Gasteiger partial charge in [-0.3, -0.25) is 0 Å². The number of allylic oxidation sites excluding steroid dienone is 3. The summed E-state index contributed by atoms with van der Waals surface area (Å²) in [6.45, 7) is 1.84. The third-order valence-electron chi connectivity index (χ3n) is 5.43. The summed E-state index contributed by atoms with van der Waals surface area (Å²) in [5.41, 5.74) is 2.54. The number of sulfone groups is 1. The Hall–Kier alpha value is -2.62. The smallest absolute Gasteiger partial charge is 0.387 e. The lowest BCUT2D eigenvalue weighted by Gasteiger charge is -2.38. The van der Waals surface area contributed by atoms with E-state index in [0.29, 0.717) is 22.6 Å². The van der Waals surface area contributed by atoms with Crippen molar-refractivity contribution in [1.82, 2.24) is 4.48 Å². The molecule has 3 rings (SSSR count). The number of hydrogen-bond acceptors (Lipinski definition) is 4. The maximum atomic E-state index is 14.0. The summed E-state index contributed by atoms with van der Waals surface area (Å²) in [5, 5.41) is 10.1. The van der Waals surface area contributed by atoms with Gasteiger partial charge in [-0.05, 0) is 31.5 Å². The fraction of sp³-hybridized carbons (Fsp3) is 0.304. The van der Waals surface area contributed by atoms with Crippen LogP contribution in [0.5, 0.6) is 5.75 Å². The minimum absolute atomic E-state index is 0.143. The van der Waals surface area contributed by atoms with Crippen molar-refractivity contribution in [2.45, 2.75) is 44.8 Å². The maximum absolute atomic E-state index is 14.0. The molecule has 9 heteroatoms. The summed E-state index contributed by atoms with van der Waals surface area (Å²) in [4.78, 5) is 0.143. The topological polar surface area (TPSA) is 63.6 Å². The Kier molecular flexibility index (Phi) is 6.55. The number of quaternary nitrogens is 1. The van der Waals surface area contributed by atoms with Crippen LogP contribution in [0.3, 0.4) is 0 Å². The van der Waals surface area contributed by atoms with Crippen LogP contribution in [0.2, 0.25) is 0 Å². The van der Waals surface area contributed by atoms with Gasteiger partial charge in [0, 0.05) is 56.0 Å². The molecule has 1 unspecified atom stereocenters. The second-order valence-corrected chi connectivity index (χ2v) is 9.89. The molecule has 1 heterocycles. The first-order valence-corrected chi connectivity index (χ1v) is 11.8. The van der Waals surface area contributed by atoms with Crippen LogP contribution in [0.4, 0.5) is 24.5 Å². The fourth-order valence-corrected chi connectivity index (χ4v) is 5.20. The lowest BCUT2D eigenvalue weighted by molar-refractivity contribution is -0.0501. The molecule has 0 bridgehead atoms. The van der Waals surface area contributed by atoms with E-state index in [-0.39, 0.29) is 27.2 Å². The Balaban J connectivity index is 2.37. The highest BCUT2D eigenvalue weighted by Gasteiger charge is 2.46. The predicted molar refractivity (Wildman–Crippen MR) is 117 cm³/mol. The second kappa shape index (κ2) is 8.73. The van der Waals surface area contributed by atoms with Gasteiger partial charge < -0.3 is 9.84 Å². The number of aryl methyl sites for hydroxylation is 1. The quantitative estimate of drug-likeness (QED) is 0.557. The summed E-state index contributed by atoms with van der Waals surface area (Å²) < 4.78 is 69.1. The van der Waals surface area contributed by atoms with Crippen molar-refractivity contribution in [2.75, 3.05) is 6.26 Å². The molecule has 1 aliphatic heterocycles. The van der Waals surface area contributed by atoms with Crippen LogP contribution in [0.25, 0.3) is 0 Å². The van der Waals surface area contributed by atoms with Crippen molar-refractivity contribution >= 4 is 21.2 Å². The van der Waals surface area contributed by atoms with Crippen molar-refractivity contribution in [2.24, 2.45) is 0 Å². The highest BCUT2D eigenvalue weighted by Crippen LogP contribution is 2.52. The third-order valence-corrected chi connectivity index (χ3v) is 6.68. The minimum atomic E-state index is -3.48. The molecule has 0 saturated heterocycles. The highest BCUT2D eigenvalue weighted by molar-refractivity contribution is 7.90. The third kappa shape index (κ3) is 4.32. The van der Waals surface area contributed by atoms with E-state index < -0.39 is 28.4 Å². The number of ether oxygens (including phenoxy) is 1. The first-order valence-electron chi connectivity index (χ1n) is 9.89.